The highest BCUT2D eigenvalue weighted by Gasteiger charge is 2.30. The molecule has 23 heavy (non-hydrogen) atoms. The molecule has 0 fully saturated rings. The predicted molar refractivity (Wildman–Crippen MR) is 89.3 cm³/mol. The standard InChI is InChI=1S/C17H21NO4S/c1-17(2,13-8-6-5-7-9-13)18-23(19,20)16-12-14(21-3)10-11-15(16)22-4/h5-12,18H,1-4H3. The zero-order chi connectivity index (χ0) is 17.1. The van der Waals surface area contributed by atoms with Crippen molar-refractivity contribution in [2.24, 2.45) is 0 Å². The van der Waals surface area contributed by atoms with E-state index in [-0.39, 0.29) is 10.6 Å². The minimum absolute atomic E-state index is 0.0448. The Labute approximate surface area is 137 Å². The third-order valence-corrected chi connectivity index (χ3v) is 5.22. The van der Waals surface area contributed by atoms with E-state index in [0.29, 0.717) is 5.75 Å². The average molecular weight is 335 g/mol. The highest BCUT2D eigenvalue weighted by Crippen LogP contribution is 2.30. The molecule has 0 aliphatic heterocycles. The average Bonchev–Trinajstić information content (AvgIpc) is 2.54. The normalized spacial score (nSPS) is 12.0. The van der Waals surface area contributed by atoms with Gasteiger partial charge in [-0.2, -0.15) is 0 Å². The molecule has 6 heteroatoms. The molecular formula is C17H21NO4S. The van der Waals surface area contributed by atoms with E-state index < -0.39 is 15.6 Å². The summed E-state index contributed by atoms with van der Waals surface area (Å²) < 4.78 is 38.7. The van der Waals surface area contributed by atoms with E-state index >= 15 is 0 Å². The van der Waals surface area contributed by atoms with Crippen LogP contribution in [0.15, 0.2) is 53.4 Å². The number of sulfonamides is 1. The smallest absolute Gasteiger partial charge is 0.245 e. The molecule has 0 bridgehead atoms. The lowest BCUT2D eigenvalue weighted by molar-refractivity contribution is 0.390. The highest BCUT2D eigenvalue weighted by atomic mass is 32.2. The number of hydrogen-bond acceptors (Lipinski definition) is 4. The van der Waals surface area contributed by atoms with Crippen LogP contribution in [-0.4, -0.2) is 22.6 Å². The Morgan fingerprint density at radius 3 is 2.17 bits per heavy atom. The first kappa shape index (κ1) is 17.3. The molecule has 2 aromatic rings. The topological polar surface area (TPSA) is 64.6 Å². The molecule has 0 atom stereocenters. The van der Waals surface area contributed by atoms with Crippen molar-refractivity contribution in [1.82, 2.24) is 4.72 Å². The summed E-state index contributed by atoms with van der Waals surface area (Å²) in [5.74, 6) is 0.714. The Balaban J connectivity index is 2.43. The molecule has 0 heterocycles. The van der Waals surface area contributed by atoms with Crippen molar-refractivity contribution in [1.29, 1.82) is 0 Å². The second-order valence-electron chi connectivity index (χ2n) is 5.61. The quantitative estimate of drug-likeness (QED) is 0.881. The van der Waals surface area contributed by atoms with Gasteiger partial charge in [-0.1, -0.05) is 30.3 Å². The van der Waals surface area contributed by atoms with Crippen LogP contribution in [0.2, 0.25) is 0 Å². The summed E-state index contributed by atoms with van der Waals surface area (Å²) in [4.78, 5) is 0.0448. The largest absolute Gasteiger partial charge is 0.497 e. The van der Waals surface area contributed by atoms with Gasteiger partial charge in [0.25, 0.3) is 0 Å². The number of methoxy groups -OCH3 is 2. The number of nitrogens with one attached hydrogen (secondary N) is 1. The molecule has 5 nitrogen and oxygen atoms in total. The van der Waals surface area contributed by atoms with Gasteiger partial charge in [0.1, 0.15) is 16.4 Å². The van der Waals surface area contributed by atoms with Crippen LogP contribution < -0.4 is 14.2 Å². The third-order valence-electron chi connectivity index (χ3n) is 3.55. The van der Waals surface area contributed by atoms with Gasteiger partial charge in [0.05, 0.1) is 19.8 Å². The summed E-state index contributed by atoms with van der Waals surface area (Å²) in [6.45, 7) is 3.62. The van der Waals surface area contributed by atoms with Gasteiger partial charge in [0.15, 0.2) is 0 Å². The Hall–Kier alpha value is -2.05. The molecule has 1 N–H and O–H groups in total. The first-order valence-electron chi connectivity index (χ1n) is 7.12. The van der Waals surface area contributed by atoms with E-state index in [1.54, 1.807) is 12.1 Å². The van der Waals surface area contributed by atoms with Crippen LogP contribution in [0.4, 0.5) is 0 Å². The van der Waals surface area contributed by atoms with Crippen molar-refractivity contribution in [3.8, 4) is 11.5 Å². The summed E-state index contributed by atoms with van der Waals surface area (Å²) in [5.41, 5.74) is 0.0965. The summed E-state index contributed by atoms with van der Waals surface area (Å²) in [5, 5.41) is 0. The van der Waals surface area contributed by atoms with E-state index in [9.17, 15) is 8.42 Å². The zero-order valence-electron chi connectivity index (χ0n) is 13.7. The zero-order valence-corrected chi connectivity index (χ0v) is 14.5. The molecular weight excluding hydrogens is 314 g/mol. The van der Waals surface area contributed by atoms with Gasteiger partial charge in [0, 0.05) is 6.07 Å². The number of benzene rings is 2. The summed E-state index contributed by atoms with van der Waals surface area (Å²) >= 11 is 0. The number of hydrogen-bond donors (Lipinski definition) is 1. The minimum atomic E-state index is -3.80. The molecule has 0 unspecified atom stereocenters. The maximum atomic E-state index is 12.8. The van der Waals surface area contributed by atoms with Gasteiger partial charge < -0.3 is 9.47 Å². The van der Waals surface area contributed by atoms with Crippen LogP contribution in [0, 0.1) is 0 Å². The van der Waals surface area contributed by atoms with Crippen molar-refractivity contribution in [3.05, 3.63) is 54.1 Å². The van der Waals surface area contributed by atoms with Crippen LogP contribution in [0.3, 0.4) is 0 Å². The fraction of sp³-hybridized carbons (Fsp3) is 0.294. The SMILES string of the molecule is COc1ccc(OC)c(S(=O)(=O)NC(C)(C)c2ccccc2)c1. The first-order valence-corrected chi connectivity index (χ1v) is 8.60. The summed E-state index contributed by atoms with van der Waals surface area (Å²) in [6.07, 6.45) is 0. The van der Waals surface area contributed by atoms with Gasteiger partial charge in [-0.05, 0) is 31.5 Å². The van der Waals surface area contributed by atoms with Crippen molar-refractivity contribution < 1.29 is 17.9 Å². The van der Waals surface area contributed by atoms with Crippen LogP contribution in [0.5, 0.6) is 11.5 Å². The molecule has 2 rings (SSSR count). The van der Waals surface area contributed by atoms with Crippen molar-refractivity contribution in [2.45, 2.75) is 24.3 Å². The summed E-state index contributed by atoms with van der Waals surface area (Å²) in [7, 11) is -0.877. The van der Waals surface area contributed by atoms with E-state index in [1.165, 1.54) is 20.3 Å². The van der Waals surface area contributed by atoms with Gasteiger partial charge in [-0.25, -0.2) is 13.1 Å². The fourth-order valence-corrected chi connectivity index (χ4v) is 3.89. The maximum absolute atomic E-state index is 12.8. The second-order valence-corrected chi connectivity index (χ2v) is 7.26. The van der Waals surface area contributed by atoms with Crippen LogP contribution >= 0.6 is 0 Å². The molecule has 124 valence electrons. The predicted octanol–water partition coefficient (Wildman–Crippen LogP) is 2.92. The van der Waals surface area contributed by atoms with E-state index in [4.69, 9.17) is 9.47 Å². The molecule has 0 saturated heterocycles. The van der Waals surface area contributed by atoms with E-state index in [0.717, 1.165) is 5.56 Å². The maximum Gasteiger partial charge on any atom is 0.245 e. The monoisotopic (exact) mass is 335 g/mol. The van der Waals surface area contributed by atoms with Gasteiger partial charge in [-0.3, -0.25) is 0 Å². The second kappa shape index (κ2) is 6.60. The van der Waals surface area contributed by atoms with Crippen molar-refractivity contribution in [3.63, 3.8) is 0 Å². The lowest BCUT2D eigenvalue weighted by atomic mass is 9.96. The molecule has 0 amide bonds. The highest BCUT2D eigenvalue weighted by molar-refractivity contribution is 7.89. The molecule has 0 radical (unpaired) electrons. The third kappa shape index (κ3) is 3.83. The molecule has 0 aliphatic rings. The minimum Gasteiger partial charge on any atom is -0.497 e. The number of ether oxygens (including phenoxy) is 2. The lowest BCUT2D eigenvalue weighted by Gasteiger charge is -2.27. The number of rotatable bonds is 6. The molecule has 2 aromatic carbocycles. The van der Waals surface area contributed by atoms with Crippen molar-refractivity contribution >= 4 is 10.0 Å². The molecule has 0 aliphatic carbocycles. The summed E-state index contributed by atoms with van der Waals surface area (Å²) in [6, 6.07) is 14.1. The Kier molecular flexibility index (Phi) is 4.97. The Morgan fingerprint density at radius 2 is 1.61 bits per heavy atom. The van der Waals surface area contributed by atoms with Crippen LogP contribution in [-0.2, 0) is 15.6 Å². The first-order chi connectivity index (χ1) is 10.8. The lowest BCUT2D eigenvalue weighted by Crippen LogP contribution is -2.41. The molecule has 0 saturated carbocycles. The van der Waals surface area contributed by atoms with E-state index in [1.807, 2.05) is 44.2 Å². The Morgan fingerprint density at radius 1 is 0.957 bits per heavy atom. The van der Waals surface area contributed by atoms with Gasteiger partial charge in [0.2, 0.25) is 10.0 Å². The van der Waals surface area contributed by atoms with Crippen LogP contribution in [0.25, 0.3) is 0 Å². The molecule has 0 aromatic heterocycles. The molecule has 0 spiro atoms. The Bertz CT molecular complexity index is 770. The van der Waals surface area contributed by atoms with Crippen molar-refractivity contribution in [2.75, 3.05) is 14.2 Å². The van der Waals surface area contributed by atoms with Gasteiger partial charge >= 0.3 is 0 Å². The van der Waals surface area contributed by atoms with Gasteiger partial charge in [-0.15, -0.1) is 0 Å². The van der Waals surface area contributed by atoms with Crippen LogP contribution in [0.1, 0.15) is 19.4 Å². The van der Waals surface area contributed by atoms with E-state index in [2.05, 4.69) is 4.72 Å². The fourth-order valence-electron chi connectivity index (χ4n) is 2.30.